The third kappa shape index (κ3) is 5.13. The molecule has 0 spiro atoms. The van der Waals surface area contributed by atoms with Crippen molar-refractivity contribution < 1.29 is 23.5 Å². The van der Waals surface area contributed by atoms with Gasteiger partial charge in [0.1, 0.15) is 17.4 Å². The van der Waals surface area contributed by atoms with E-state index in [1.807, 2.05) is 12.1 Å². The van der Waals surface area contributed by atoms with Gasteiger partial charge >= 0.3 is 5.91 Å². The summed E-state index contributed by atoms with van der Waals surface area (Å²) in [6.07, 6.45) is 0. The van der Waals surface area contributed by atoms with E-state index in [0.717, 1.165) is 33.9 Å². The molecule has 0 radical (unpaired) electrons. The number of thioether (sulfide) groups is 1. The Bertz CT molecular complexity index is 1510. The Morgan fingerprint density at radius 1 is 0.946 bits per heavy atom. The SMILES string of the molecule is O=C1C(=O)N(c2nnc(SCc3ccc(Cl)cc3)s2)C(c2ccc(F)cc2)/C1=C(/O)c1ccc(F)cc1. The summed E-state index contributed by atoms with van der Waals surface area (Å²) in [5.74, 6) is -2.78. The number of carbonyl (C=O) groups is 2. The number of aliphatic hydroxyl groups excluding tert-OH is 1. The fourth-order valence-electron chi connectivity index (χ4n) is 3.84. The van der Waals surface area contributed by atoms with Gasteiger partial charge in [-0.25, -0.2) is 8.78 Å². The zero-order chi connectivity index (χ0) is 26.1. The van der Waals surface area contributed by atoms with Crippen molar-refractivity contribution in [2.75, 3.05) is 4.90 Å². The summed E-state index contributed by atoms with van der Waals surface area (Å²) in [7, 11) is 0. The summed E-state index contributed by atoms with van der Waals surface area (Å²) >= 11 is 8.44. The van der Waals surface area contributed by atoms with Crippen molar-refractivity contribution in [3.05, 3.63) is 112 Å². The molecule has 1 unspecified atom stereocenters. The number of rotatable bonds is 6. The number of benzene rings is 3. The molecular weight excluding hydrogens is 540 g/mol. The summed E-state index contributed by atoms with van der Waals surface area (Å²) in [6.45, 7) is 0. The zero-order valence-corrected chi connectivity index (χ0v) is 21.2. The first kappa shape index (κ1) is 25.1. The molecule has 0 bridgehead atoms. The smallest absolute Gasteiger partial charge is 0.301 e. The van der Waals surface area contributed by atoms with E-state index in [4.69, 9.17) is 11.6 Å². The molecule has 37 heavy (non-hydrogen) atoms. The van der Waals surface area contributed by atoms with Gasteiger partial charge in [0.15, 0.2) is 4.34 Å². The van der Waals surface area contributed by atoms with E-state index in [1.165, 1.54) is 48.2 Å². The Morgan fingerprint density at radius 2 is 1.57 bits per heavy atom. The van der Waals surface area contributed by atoms with Gasteiger partial charge in [-0.15, -0.1) is 10.2 Å². The predicted octanol–water partition coefficient (Wildman–Crippen LogP) is 6.39. The van der Waals surface area contributed by atoms with Gasteiger partial charge in [0, 0.05) is 16.3 Å². The number of hydrogen-bond donors (Lipinski definition) is 1. The van der Waals surface area contributed by atoms with Gasteiger partial charge in [-0.2, -0.15) is 0 Å². The lowest BCUT2D eigenvalue weighted by molar-refractivity contribution is -0.132. The number of ketones is 1. The lowest BCUT2D eigenvalue weighted by Crippen LogP contribution is -2.29. The largest absolute Gasteiger partial charge is 0.507 e. The van der Waals surface area contributed by atoms with Gasteiger partial charge in [-0.1, -0.05) is 59.0 Å². The van der Waals surface area contributed by atoms with Crippen LogP contribution in [0.15, 0.2) is 82.7 Å². The number of nitrogens with zero attached hydrogens (tertiary/aromatic N) is 3. The molecule has 1 aromatic heterocycles. The van der Waals surface area contributed by atoms with Crippen molar-refractivity contribution in [1.29, 1.82) is 0 Å². The molecule has 1 atom stereocenters. The summed E-state index contributed by atoms with van der Waals surface area (Å²) in [4.78, 5) is 27.5. The minimum absolute atomic E-state index is 0.146. The molecule has 186 valence electrons. The second-order valence-electron chi connectivity index (χ2n) is 7.99. The first-order chi connectivity index (χ1) is 17.8. The Labute approximate surface area is 223 Å². The van der Waals surface area contributed by atoms with Crippen LogP contribution in [-0.2, 0) is 15.3 Å². The van der Waals surface area contributed by atoms with Crippen LogP contribution < -0.4 is 4.90 Å². The quantitative estimate of drug-likeness (QED) is 0.0976. The molecule has 1 amide bonds. The number of hydrogen-bond acceptors (Lipinski definition) is 7. The summed E-state index contributed by atoms with van der Waals surface area (Å²) < 4.78 is 27.7. The second kappa shape index (κ2) is 10.4. The van der Waals surface area contributed by atoms with E-state index < -0.39 is 35.1 Å². The van der Waals surface area contributed by atoms with E-state index >= 15 is 0 Å². The van der Waals surface area contributed by atoms with Gasteiger partial charge < -0.3 is 5.11 Å². The van der Waals surface area contributed by atoms with Gasteiger partial charge in [0.2, 0.25) is 5.13 Å². The molecule has 1 saturated heterocycles. The number of halogens is 3. The zero-order valence-electron chi connectivity index (χ0n) is 18.8. The maximum Gasteiger partial charge on any atom is 0.301 e. The maximum absolute atomic E-state index is 13.7. The molecule has 5 rings (SSSR count). The van der Waals surface area contributed by atoms with Crippen LogP contribution in [0.3, 0.4) is 0 Å². The van der Waals surface area contributed by atoms with Crippen molar-refractivity contribution in [2.24, 2.45) is 0 Å². The first-order valence-electron chi connectivity index (χ1n) is 10.8. The van der Waals surface area contributed by atoms with E-state index in [1.54, 1.807) is 12.1 Å². The maximum atomic E-state index is 13.7. The molecule has 1 aliphatic heterocycles. The standard InChI is InChI=1S/C26H16ClF2N3O3S2/c27-17-7-1-14(2-8-17)13-36-26-31-30-25(37-26)32-21(15-3-9-18(28)10-4-15)20(23(34)24(32)35)22(33)16-5-11-19(29)12-6-16/h1-12,21,33H,13H2/b22-20-. The molecule has 0 aliphatic carbocycles. The van der Waals surface area contributed by atoms with Crippen LogP contribution in [0.25, 0.3) is 5.76 Å². The van der Waals surface area contributed by atoms with Crippen molar-refractivity contribution >= 4 is 57.3 Å². The lowest BCUT2D eigenvalue weighted by Gasteiger charge is -2.22. The van der Waals surface area contributed by atoms with Crippen LogP contribution in [0, 0.1) is 11.6 Å². The second-order valence-corrected chi connectivity index (χ2v) is 10.6. The van der Waals surface area contributed by atoms with E-state index in [2.05, 4.69) is 10.2 Å². The Balaban J connectivity index is 1.53. The van der Waals surface area contributed by atoms with Crippen LogP contribution in [0.5, 0.6) is 0 Å². The van der Waals surface area contributed by atoms with Crippen molar-refractivity contribution in [3.63, 3.8) is 0 Å². The fraction of sp³-hybridized carbons (Fsp3) is 0.0769. The van der Waals surface area contributed by atoms with E-state index in [-0.39, 0.29) is 16.3 Å². The number of aromatic nitrogens is 2. The molecule has 1 fully saturated rings. The summed E-state index contributed by atoms with van der Waals surface area (Å²) in [5, 5.41) is 20.1. The highest BCUT2D eigenvalue weighted by Crippen LogP contribution is 2.44. The minimum Gasteiger partial charge on any atom is -0.507 e. The van der Waals surface area contributed by atoms with Crippen LogP contribution in [0.2, 0.25) is 5.02 Å². The Kier molecular flexibility index (Phi) is 7.05. The van der Waals surface area contributed by atoms with Gasteiger partial charge in [0.05, 0.1) is 11.6 Å². The number of aliphatic hydroxyl groups is 1. The third-order valence-electron chi connectivity index (χ3n) is 5.63. The minimum atomic E-state index is -1.09. The van der Waals surface area contributed by atoms with Crippen LogP contribution in [0.1, 0.15) is 22.7 Å². The molecular formula is C26H16ClF2N3O3S2. The monoisotopic (exact) mass is 555 g/mol. The number of Topliss-reactive ketones (excluding diaryl/α,β-unsaturated/α-hetero) is 1. The molecule has 6 nitrogen and oxygen atoms in total. The molecule has 4 aromatic rings. The van der Waals surface area contributed by atoms with Crippen molar-refractivity contribution in [1.82, 2.24) is 10.2 Å². The first-order valence-corrected chi connectivity index (χ1v) is 13.0. The predicted molar refractivity (Wildman–Crippen MR) is 139 cm³/mol. The highest BCUT2D eigenvalue weighted by molar-refractivity contribution is 8.00. The van der Waals surface area contributed by atoms with Crippen LogP contribution in [0.4, 0.5) is 13.9 Å². The highest BCUT2D eigenvalue weighted by Gasteiger charge is 2.48. The Hall–Kier alpha value is -3.60. The normalized spacial score (nSPS) is 16.9. The lowest BCUT2D eigenvalue weighted by atomic mass is 9.95. The number of carbonyl (C=O) groups excluding carboxylic acids is 2. The average Bonchev–Trinajstić information content (AvgIpc) is 3.46. The molecule has 3 aromatic carbocycles. The molecule has 2 heterocycles. The Morgan fingerprint density at radius 3 is 2.22 bits per heavy atom. The van der Waals surface area contributed by atoms with Crippen molar-refractivity contribution in [3.8, 4) is 0 Å². The topological polar surface area (TPSA) is 83.4 Å². The van der Waals surface area contributed by atoms with E-state index in [9.17, 15) is 23.5 Å². The van der Waals surface area contributed by atoms with Gasteiger partial charge in [-0.05, 0) is 59.7 Å². The molecule has 0 saturated carbocycles. The molecule has 1 N–H and O–H groups in total. The fourth-order valence-corrected chi connectivity index (χ4v) is 5.79. The summed E-state index contributed by atoms with van der Waals surface area (Å²) in [5.41, 5.74) is 1.34. The van der Waals surface area contributed by atoms with Crippen LogP contribution >= 0.6 is 34.7 Å². The number of amides is 1. The van der Waals surface area contributed by atoms with Crippen LogP contribution in [-0.4, -0.2) is 27.0 Å². The third-order valence-corrected chi connectivity index (χ3v) is 8.00. The average molecular weight is 556 g/mol. The van der Waals surface area contributed by atoms with Gasteiger partial charge in [-0.3, -0.25) is 14.5 Å². The van der Waals surface area contributed by atoms with E-state index in [0.29, 0.717) is 20.7 Å². The van der Waals surface area contributed by atoms with Gasteiger partial charge in [0.25, 0.3) is 5.78 Å². The molecule has 1 aliphatic rings. The molecule has 11 heteroatoms. The van der Waals surface area contributed by atoms with Crippen molar-refractivity contribution in [2.45, 2.75) is 16.1 Å². The summed E-state index contributed by atoms with van der Waals surface area (Å²) in [6, 6.07) is 16.4. The number of anilines is 1. The highest BCUT2D eigenvalue weighted by atomic mass is 35.5.